The van der Waals surface area contributed by atoms with Crippen LogP contribution >= 0.6 is 0 Å². The van der Waals surface area contributed by atoms with Gasteiger partial charge in [0.1, 0.15) is 11.9 Å². The van der Waals surface area contributed by atoms with Crippen LogP contribution in [-0.2, 0) is 4.74 Å². The maximum absolute atomic E-state index is 10.7. The molecule has 0 spiro atoms. The summed E-state index contributed by atoms with van der Waals surface area (Å²) in [5.41, 5.74) is 0.543. The number of unbranched alkanes of at least 4 members (excludes halogenated alkanes) is 2. The first-order chi connectivity index (χ1) is 8.25. The molecule has 0 aliphatic rings. The molecule has 0 saturated carbocycles. The summed E-state index contributed by atoms with van der Waals surface area (Å²) in [5, 5.41) is 13.8. The molecule has 0 aliphatic heterocycles. The fourth-order valence-electron chi connectivity index (χ4n) is 1.45. The Labute approximate surface area is 100 Å². The van der Waals surface area contributed by atoms with E-state index in [0.29, 0.717) is 12.2 Å². The Morgan fingerprint density at radius 2 is 2.29 bits per heavy atom. The first-order valence-electron chi connectivity index (χ1n) is 5.57. The molecule has 0 atom stereocenters. The van der Waals surface area contributed by atoms with Gasteiger partial charge in [-0.3, -0.25) is 15.1 Å². The van der Waals surface area contributed by atoms with Crippen LogP contribution in [0.5, 0.6) is 0 Å². The van der Waals surface area contributed by atoms with Crippen molar-refractivity contribution in [3.8, 4) is 0 Å². The quantitative estimate of drug-likeness (QED) is 0.427. The minimum atomic E-state index is -0.430. The highest BCUT2D eigenvalue weighted by Gasteiger charge is 2.11. The summed E-state index contributed by atoms with van der Waals surface area (Å²) in [6.45, 7) is 1.48. The molecule has 0 aliphatic carbocycles. The average molecular weight is 239 g/mol. The number of methoxy groups -OCH3 is 1. The SMILES string of the molecule is COCCCCCNc1ccncc1[N+](=O)[O-]. The molecule has 0 bridgehead atoms. The normalized spacial score (nSPS) is 10.2. The topological polar surface area (TPSA) is 77.3 Å². The maximum atomic E-state index is 10.7. The van der Waals surface area contributed by atoms with Crippen molar-refractivity contribution in [3.05, 3.63) is 28.6 Å². The second kappa shape index (κ2) is 7.56. The summed E-state index contributed by atoms with van der Waals surface area (Å²) >= 11 is 0. The number of pyridine rings is 1. The van der Waals surface area contributed by atoms with Gasteiger partial charge in [-0.15, -0.1) is 0 Å². The maximum Gasteiger partial charge on any atom is 0.310 e. The lowest BCUT2D eigenvalue weighted by molar-refractivity contribution is -0.384. The molecular formula is C11H17N3O3. The van der Waals surface area contributed by atoms with Crippen LogP contribution in [0.1, 0.15) is 19.3 Å². The van der Waals surface area contributed by atoms with Crippen LogP contribution in [0, 0.1) is 10.1 Å². The Bertz CT molecular complexity index is 358. The molecule has 0 aromatic carbocycles. The third kappa shape index (κ3) is 4.78. The van der Waals surface area contributed by atoms with E-state index in [0.717, 1.165) is 25.9 Å². The fourth-order valence-corrected chi connectivity index (χ4v) is 1.45. The molecule has 6 nitrogen and oxygen atoms in total. The number of nitrogens with zero attached hydrogens (tertiary/aromatic N) is 2. The summed E-state index contributed by atoms with van der Waals surface area (Å²) in [5.74, 6) is 0. The third-order valence-electron chi connectivity index (χ3n) is 2.34. The molecule has 1 heterocycles. The molecule has 94 valence electrons. The summed E-state index contributed by atoms with van der Waals surface area (Å²) in [4.78, 5) is 14.0. The van der Waals surface area contributed by atoms with Crippen LogP contribution < -0.4 is 5.32 Å². The molecule has 0 radical (unpaired) electrons. The predicted octanol–water partition coefficient (Wildman–Crippen LogP) is 2.22. The highest BCUT2D eigenvalue weighted by Crippen LogP contribution is 2.21. The van der Waals surface area contributed by atoms with Gasteiger partial charge in [-0.25, -0.2) is 0 Å². The van der Waals surface area contributed by atoms with Gasteiger partial charge in [0.25, 0.3) is 0 Å². The molecule has 1 N–H and O–H groups in total. The zero-order valence-corrected chi connectivity index (χ0v) is 9.89. The average Bonchev–Trinajstić information content (AvgIpc) is 2.34. The lowest BCUT2D eigenvalue weighted by Crippen LogP contribution is -2.05. The van der Waals surface area contributed by atoms with Gasteiger partial charge in [0.05, 0.1) is 4.92 Å². The van der Waals surface area contributed by atoms with Gasteiger partial charge in [-0.2, -0.15) is 0 Å². The highest BCUT2D eigenvalue weighted by molar-refractivity contribution is 5.59. The summed E-state index contributed by atoms with van der Waals surface area (Å²) in [6, 6.07) is 1.62. The van der Waals surface area contributed by atoms with Crippen molar-refractivity contribution in [3.63, 3.8) is 0 Å². The van der Waals surface area contributed by atoms with Crippen LogP contribution in [0.25, 0.3) is 0 Å². The number of aromatic nitrogens is 1. The van der Waals surface area contributed by atoms with E-state index < -0.39 is 4.92 Å². The van der Waals surface area contributed by atoms with E-state index in [1.54, 1.807) is 19.4 Å². The van der Waals surface area contributed by atoms with Crippen molar-refractivity contribution >= 4 is 11.4 Å². The van der Waals surface area contributed by atoms with Crippen LogP contribution in [0.15, 0.2) is 18.5 Å². The van der Waals surface area contributed by atoms with Crippen LogP contribution in [-0.4, -0.2) is 30.2 Å². The van der Waals surface area contributed by atoms with Gasteiger partial charge in [0.15, 0.2) is 0 Å². The monoisotopic (exact) mass is 239 g/mol. The first kappa shape index (κ1) is 13.4. The van der Waals surface area contributed by atoms with E-state index in [9.17, 15) is 10.1 Å². The smallest absolute Gasteiger partial charge is 0.310 e. The van der Waals surface area contributed by atoms with E-state index in [1.807, 2.05) is 0 Å². The fraction of sp³-hybridized carbons (Fsp3) is 0.545. The van der Waals surface area contributed by atoms with E-state index in [4.69, 9.17) is 4.74 Å². The number of anilines is 1. The van der Waals surface area contributed by atoms with Crippen LogP contribution in [0.4, 0.5) is 11.4 Å². The van der Waals surface area contributed by atoms with E-state index in [-0.39, 0.29) is 5.69 Å². The number of ether oxygens (including phenoxy) is 1. The van der Waals surface area contributed by atoms with Crippen molar-refractivity contribution in [1.82, 2.24) is 4.98 Å². The van der Waals surface area contributed by atoms with Crippen LogP contribution in [0.3, 0.4) is 0 Å². The second-order valence-electron chi connectivity index (χ2n) is 3.63. The molecule has 1 rings (SSSR count). The number of rotatable bonds is 8. The number of hydrogen-bond donors (Lipinski definition) is 1. The van der Waals surface area contributed by atoms with Gasteiger partial charge >= 0.3 is 5.69 Å². The molecule has 1 aromatic rings. The molecular weight excluding hydrogens is 222 g/mol. The minimum Gasteiger partial charge on any atom is -0.385 e. The molecule has 17 heavy (non-hydrogen) atoms. The van der Waals surface area contributed by atoms with Gasteiger partial charge in [0.2, 0.25) is 0 Å². The highest BCUT2D eigenvalue weighted by atomic mass is 16.6. The molecule has 0 fully saturated rings. The number of nitro groups is 1. The Morgan fingerprint density at radius 3 is 3.00 bits per heavy atom. The lowest BCUT2D eigenvalue weighted by Gasteiger charge is -2.06. The van der Waals surface area contributed by atoms with Crippen molar-refractivity contribution in [2.24, 2.45) is 0 Å². The Hall–Kier alpha value is -1.69. The van der Waals surface area contributed by atoms with Gasteiger partial charge in [-0.05, 0) is 25.3 Å². The first-order valence-corrected chi connectivity index (χ1v) is 5.57. The Morgan fingerprint density at radius 1 is 1.47 bits per heavy atom. The lowest BCUT2D eigenvalue weighted by atomic mass is 10.2. The summed E-state index contributed by atoms with van der Waals surface area (Å²) in [6.07, 6.45) is 5.81. The minimum absolute atomic E-state index is 0.0180. The predicted molar refractivity (Wildman–Crippen MR) is 65.1 cm³/mol. The standard InChI is InChI=1S/C11H17N3O3/c1-17-8-4-2-3-6-13-10-5-7-12-9-11(10)14(15)16/h5,7,9H,2-4,6,8H2,1H3,(H,12,13). The largest absolute Gasteiger partial charge is 0.385 e. The van der Waals surface area contributed by atoms with Gasteiger partial charge in [-0.1, -0.05) is 0 Å². The van der Waals surface area contributed by atoms with Crippen LogP contribution in [0.2, 0.25) is 0 Å². The zero-order valence-electron chi connectivity index (χ0n) is 9.89. The Balaban J connectivity index is 2.34. The van der Waals surface area contributed by atoms with E-state index in [1.165, 1.54) is 6.20 Å². The molecule has 0 unspecified atom stereocenters. The van der Waals surface area contributed by atoms with Crippen molar-refractivity contribution in [2.75, 3.05) is 25.6 Å². The molecule has 6 heteroatoms. The second-order valence-corrected chi connectivity index (χ2v) is 3.63. The summed E-state index contributed by atoms with van der Waals surface area (Å²) < 4.78 is 4.94. The summed E-state index contributed by atoms with van der Waals surface area (Å²) in [7, 11) is 1.68. The number of nitrogens with one attached hydrogen (secondary N) is 1. The van der Waals surface area contributed by atoms with Crippen molar-refractivity contribution in [1.29, 1.82) is 0 Å². The molecule has 0 saturated heterocycles. The molecule has 1 aromatic heterocycles. The molecule has 0 amide bonds. The third-order valence-corrected chi connectivity index (χ3v) is 2.34. The number of hydrogen-bond acceptors (Lipinski definition) is 5. The van der Waals surface area contributed by atoms with Gasteiger partial charge < -0.3 is 10.1 Å². The van der Waals surface area contributed by atoms with E-state index in [2.05, 4.69) is 10.3 Å². The van der Waals surface area contributed by atoms with E-state index >= 15 is 0 Å². The van der Waals surface area contributed by atoms with Crippen molar-refractivity contribution < 1.29 is 9.66 Å². The van der Waals surface area contributed by atoms with Gasteiger partial charge in [0, 0.05) is 26.5 Å². The zero-order chi connectivity index (χ0) is 12.5. The Kier molecular flexibility index (Phi) is 5.95. The van der Waals surface area contributed by atoms with Crippen molar-refractivity contribution in [2.45, 2.75) is 19.3 Å².